The van der Waals surface area contributed by atoms with Gasteiger partial charge in [0.15, 0.2) is 11.5 Å². The molecule has 0 saturated carbocycles. The first-order chi connectivity index (χ1) is 15.4. The summed E-state index contributed by atoms with van der Waals surface area (Å²) in [6.45, 7) is 1.53. The molecule has 2 amide bonds. The Bertz CT molecular complexity index is 1110. The van der Waals surface area contributed by atoms with Crippen molar-refractivity contribution in [3.8, 4) is 11.5 Å². The van der Waals surface area contributed by atoms with Gasteiger partial charge in [-0.05, 0) is 51.3 Å². The smallest absolute Gasteiger partial charge is 0.322 e. The van der Waals surface area contributed by atoms with Crippen molar-refractivity contribution in [3.63, 3.8) is 0 Å². The van der Waals surface area contributed by atoms with Gasteiger partial charge in [-0.15, -0.1) is 0 Å². The summed E-state index contributed by atoms with van der Waals surface area (Å²) >= 11 is 0. The lowest BCUT2D eigenvalue weighted by Crippen LogP contribution is -2.37. The zero-order valence-corrected chi connectivity index (χ0v) is 19.0. The van der Waals surface area contributed by atoms with E-state index in [1.807, 2.05) is 50.5 Å². The highest BCUT2D eigenvalue weighted by molar-refractivity contribution is 5.89. The molecule has 0 aliphatic carbocycles. The summed E-state index contributed by atoms with van der Waals surface area (Å²) < 4.78 is 10.7. The lowest BCUT2D eigenvalue weighted by Gasteiger charge is -2.24. The van der Waals surface area contributed by atoms with Gasteiger partial charge in [-0.3, -0.25) is 4.79 Å². The van der Waals surface area contributed by atoms with Crippen LogP contribution in [-0.4, -0.2) is 62.2 Å². The molecule has 3 rings (SSSR count). The number of amides is 2. The van der Waals surface area contributed by atoms with Gasteiger partial charge in [0.05, 0.1) is 26.3 Å². The first-order valence-corrected chi connectivity index (χ1v) is 10.4. The van der Waals surface area contributed by atoms with E-state index in [2.05, 4.69) is 15.2 Å². The van der Waals surface area contributed by atoms with Crippen LogP contribution in [0.15, 0.2) is 53.3 Å². The zero-order valence-electron chi connectivity index (χ0n) is 19.0. The Balaban J connectivity index is 1.88. The van der Waals surface area contributed by atoms with Gasteiger partial charge in [0.1, 0.15) is 0 Å². The molecule has 32 heavy (non-hydrogen) atoms. The van der Waals surface area contributed by atoms with E-state index in [-0.39, 0.29) is 18.1 Å². The summed E-state index contributed by atoms with van der Waals surface area (Å²) in [6, 6.07) is 14.4. The van der Waals surface area contributed by atoms with E-state index in [4.69, 9.17) is 9.47 Å². The number of aromatic nitrogens is 1. The number of nitrogens with zero attached hydrogens (tertiary/aromatic N) is 2. The van der Waals surface area contributed by atoms with Gasteiger partial charge >= 0.3 is 6.03 Å². The number of methoxy groups -OCH3 is 2. The highest BCUT2D eigenvalue weighted by Crippen LogP contribution is 2.31. The highest BCUT2D eigenvalue weighted by Gasteiger charge is 2.17. The minimum atomic E-state index is -0.248. The molecule has 0 aliphatic rings. The molecule has 0 unspecified atom stereocenters. The summed E-state index contributed by atoms with van der Waals surface area (Å²) in [6.07, 6.45) is 0.783. The van der Waals surface area contributed by atoms with Crippen LogP contribution in [0.3, 0.4) is 0 Å². The third-order valence-corrected chi connectivity index (χ3v) is 5.13. The van der Waals surface area contributed by atoms with E-state index >= 15 is 0 Å². The first kappa shape index (κ1) is 23.1. The predicted molar refractivity (Wildman–Crippen MR) is 127 cm³/mol. The van der Waals surface area contributed by atoms with Crippen LogP contribution in [0.4, 0.5) is 10.5 Å². The number of benzene rings is 2. The number of carbonyl (C=O) groups excluding carboxylic acids is 1. The molecule has 0 saturated heterocycles. The minimum absolute atomic E-state index is 0.186. The van der Waals surface area contributed by atoms with Crippen LogP contribution >= 0.6 is 0 Å². The Kier molecular flexibility index (Phi) is 7.72. The van der Waals surface area contributed by atoms with E-state index in [1.165, 1.54) is 0 Å². The molecule has 0 radical (unpaired) electrons. The Morgan fingerprint density at radius 3 is 2.34 bits per heavy atom. The molecule has 1 heterocycles. The molecule has 2 aromatic carbocycles. The molecule has 170 valence electrons. The Labute approximate surface area is 187 Å². The molecule has 8 heteroatoms. The topological polar surface area (TPSA) is 86.9 Å². The second-order valence-corrected chi connectivity index (χ2v) is 7.79. The minimum Gasteiger partial charge on any atom is -0.493 e. The summed E-state index contributed by atoms with van der Waals surface area (Å²) in [5, 5.41) is 3.71. The Morgan fingerprint density at radius 1 is 1.00 bits per heavy atom. The predicted octanol–water partition coefficient (Wildman–Crippen LogP) is 3.53. The average molecular weight is 439 g/mol. The zero-order chi connectivity index (χ0) is 23.1. The number of anilines is 1. The second kappa shape index (κ2) is 10.7. The number of hydrogen-bond donors (Lipinski definition) is 2. The van der Waals surface area contributed by atoms with Gasteiger partial charge in [0.25, 0.3) is 5.56 Å². The van der Waals surface area contributed by atoms with Gasteiger partial charge < -0.3 is 29.6 Å². The number of rotatable bonds is 9. The second-order valence-electron chi connectivity index (χ2n) is 7.79. The van der Waals surface area contributed by atoms with E-state index < -0.39 is 0 Å². The average Bonchev–Trinajstić information content (AvgIpc) is 2.78. The molecule has 3 aromatic rings. The van der Waals surface area contributed by atoms with Gasteiger partial charge in [-0.1, -0.05) is 18.2 Å². The van der Waals surface area contributed by atoms with Gasteiger partial charge in [-0.2, -0.15) is 0 Å². The standard InChI is InChI=1S/C24H30N4O4/c1-27(2)11-8-12-28(24(30)25-19-9-6-5-7-10-19)16-18-13-17-14-21(31-3)22(32-4)15-20(17)26-23(18)29/h5-7,9-10,13-15H,8,11-12,16H2,1-4H3,(H,25,30)(H,26,29). The van der Waals surface area contributed by atoms with Crippen molar-refractivity contribution < 1.29 is 14.3 Å². The van der Waals surface area contributed by atoms with Crippen LogP contribution in [-0.2, 0) is 6.54 Å². The molecule has 1 aromatic heterocycles. The molecule has 0 aliphatic heterocycles. The lowest BCUT2D eigenvalue weighted by molar-refractivity contribution is 0.205. The summed E-state index contributed by atoms with van der Waals surface area (Å²) in [4.78, 5) is 32.4. The van der Waals surface area contributed by atoms with Crippen molar-refractivity contribution in [2.45, 2.75) is 13.0 Å². The van der Waals surface area contributed by atoms with Crippen molar-refractivity contribution in [1.82, 2.24) is 14.8 Å². The molecular formula is C24H30N4O4. The number of nitrogens with one attached hydrogen (secondary N) is 2. The van der Waals surface area contributed by atoms with Crippen LogP contribution < -0.4 is 20.3 Å². The van der Waals surface area contributed by atoms with Crippen molar-refractivity contribution >= 4 is 22.6 Å². The largest absolute Gasteiger partial charge is 0.493 e. The fraction of sp³-hybridized carbons (Fsp3) is 0.333. The van der Waals surface area contributed by atoms with E-state index in [9.17, 15) is 9.59 Å². The highest BCUT2D eigenvalue weighted by atomic mass is 16.5. The van der Waals surface area contributed by atoms with Crippen molar-refractivity contribution in [3.05, 3.63) is 64.4 Å². The number of pyridine rings is 1. The lowest BCUT2D eigenvalue weighted by atomic mass is 10.1. The maximum absolute atomic E-state index is 13.0. The summed E-state index contributed by atoms with van der Waals surface area (Å²) in [5.41, 5.74) is 1.61. The number of urea groups is 1. The van der Waals surface area contributed by atoms with Crippen LogP contribution in [0, 0.1) is 0 Å². The van der Waals surface area contributed by atoms with E-state index in [0.29, 0.717) is 34.8 Å². The normalized spacial score (nSPS) is 10.9. The number of hydrogen-bond acceptors (Lipinski definition) is 5. The number of carbonyl (C=O) groups is 1. The van der Waals surface area contributed by atoms with Gasteiger partial charge in [-0.25, -0.2) is 4.79 Å². The summed E-state index contributed by atoms with van der Waals surface area (Å²) in [7, 11) is 7.10. The Hall–Kier alpha value is -3.52. The van der Waals surface area contributed by atoms with E-state index in [1.54, 1.807) is 31.3 Å². The number of aromatic amines is 1. The summed E-state index contributed by atoms with van der Waals surface area (Å²) in [5.74, 6) is 1.11. The number of ether oxygens (including phenoxy) is 2. The van der Waals surface area contributed by atoms with Crippen LogP contribution in [0.5, 0.6) is 11.5 Å². The van der Waals surface area contributed by atoms with Crippen LogP contribution in [0.1, 0.15) is 12.0 Å². The Morgan fingerprint density at radius 2 is 1.69 bits per heavy atom. The maximum Gasteiger partial charge on any atom is 0.322 e. The molecule has 0 fully saturated rings. The SMILES string of the molecule is COc1cc2cc(CN(CCCN(C)C)C(=O)Nc3ccccc3)c(=O)[nH]c2cc1OC. The van der Waals surface area contributed by atoms with Crippen LogP contribution in [0.2, 0.25) is 0 Å². The molecule has 0 spiro atoms. The molecule has 2 N–H and O–H groups in total. The van der Waals surface area contributed by atoms with Crippen LogP contribution in [0.25, 0.3) is 10.9 Å². The molecular weight excluding hydrogens is 408 g/mol. The molecule has 8 nitrogen and oxygen atoms in total. The third kappa shape index (κ3) is 5.79. The number of H-pyrrole nitrogens is 1. The fourth-order valence-corrected chi connectivity index (χ4v) is 3.46. The van der Waals surface area contributed by atoms with Crippen molar-refractivity contribution in [1.29, 1.82) is 0 Å². The quantitative estimate of drug-likeness (QED) is 0.534. The fourth-order valence-electron chi connectivity index (χ4n) is 3.46. The van der Waals surface area contributed by atoms with Crippen molar-refractivity contribution in [2.75, 3.05) is 46.7 Å². The maximum atomic E-state index is 13.0. The first-order valence-electron chi connectivity index (χ1n) is 10.4. The third-order valence-electron chi connectivity index (χ3n) is 5.13. The van der Waals surface area contributed by atoms with Gasteiger partial charge in [0.2, 0.25) is 0 Å². The number of para-hydroxylation sites is 1. The van der Waals surface area contributed by atoms with E-state index in [0.717, 1.165) is 18.4 Å². The molecule has 0 atom stereocenters. The van der Waals surface area contributed by atoms with Gasteiger partial charge in [0, 0.05) is 29.2 Å². The van der Waals surface area contributed by atoms with Crippen molar-refractivity contribution in [2.24, 2.45) is 0 Å². The monoisotopic (exact) mass is 438 g/mol. The molecule has 0 bridgehead atoms. The number of fused-ring (bicyclic) bond motifs is 1.